The summed E-state index contributed by atoms with van der Waals surface area (Å²) in [4.78, 5) is 18.9. The minimum absolute atomic E-state index is 0.0993. The van der Waals surface area contributed by atoms with Crippen LogP contribution in [0, 0.1) is 13.8 Å². The summed E-state index contributed by atoms with van der Waals surface area (Å²) < 4.78 is 0. The topological polar surface area (TPSA) is 54.0 Å². The van der Waals surface area contributed by atoms with Crippen LogP contribution >= 0.6 is 11.3 Å². The van der Waals surface area contributed by atoms with Gasteiger partial charge in [-0.2, -0.15) is 0 Å². The van der Waals surface area contributed by atoms with Crippen molar-refractivity contribution in [3.63, 3.8) is 0 Å². The highest BCUT2D eigenvalue weighted by molar-refractivity contribution is 7.12. The van der Waals surface area contributed by atoms with Gasteiger partial charge in [0.05, 0.1) is 12.1 Å². The molecule has 2 aromatic rings. The van der Waals surface area contributed by atoms with Gasteiger partial charge in [0.1, 0.15) is 5.82 Å². The Hall–Kier alpha value is -1.88. The molecule has 0 unspecified atom stereocenters. The molecule has 0 atom stereocenters. The van der Waals surface area contributed by atoms with Crippen molar-refractivity contribution in [2.75, 3.05) is 11.9 Å². The van der Waals surface area contributed by atoms with Crippen LogP contribution in [0.3, 0.4) is 0 Å². The van der Waals surface area contributed by atoms with E-state index in [-0.39, 0.29) is 5.91 Å². The first-order valence-electron chi connectivity index (χ1n) is 6.64. The second-order valence-electron chi connectivity index (χ2n) is 4.56. The van der Waals surface area contributed by atoms with Crippen molar-refractivity contribution in [1.82, 2.24) is 10.3 Å². The molecule has 0 saturated carbocycles. The molecule has 1 amide bonds. The van der Waals surface area contributed by atoms with Crippen molar-refractivity contribution in [2.24, 2.45) is 0 Å². The van der Waals surface area contributed by atoms with Gasteiger partial charge >= 0.3 is 0 Å². The largest absolute Gasteiger partial charge is 0.370 e. The van der Waals surface area contributed by atoms with E-state index in [9.17, 15) is 4.79 Å². The van der Waals surface area contributed by atoms with E-state index in [1.165, 1.54) is 15.3 Å². The Balaban J connectivity index is 2.05. The fourth-order valence-electron chi connectivity index (χ4n) is 1.90. The molecule has 0 aromatic carbocycles. The third kappa shape index (κ3) is 3.36. The number of thiophene rings is 1. The molecular formula is C15H19N3OS. The summed E-state index contributed by atoms with van der Waals surface area (Å²) in [6.07, 6.45) is 1.68. The number of carbonyl (C=O) groups excluding carboxylic acids is 1. The van der Waals surface area contributed by atoms with Gasteiger partial charge in [-0.1, -0.05) is 0 Å². The molecule has 2 aromatic heterocycles. The van der Waals surface area contributed by atoms with Crippen molar-refractivity contribution in [3.8, 4) is 0 Å². The molecule has 0 bridgehead atoms. The summed E-state index contributed by atoms with van der Waals surface area (Å²) in [6, 6.07) is 5.68. The number of nitrogens with one attached hydrogen (secondary N) is 2. The molecule has 4 nitrogen and oxygen atoms in total. The van der Waals surface area contributed by atoms with E-state index in [2.05, 4.69) is 35.5 Å². The van der Waals surface area contributed by atoms with E-state index in [0.29, 0.717) is 17.9 Å². The average molecular weight is 289 g/mol. The molecule has 20 heavy (non-hydrogen) atoms. The number of pyridine rings is 1. The lowest BCUT2D eigenvalue weighted by molar-refractivity contribution is 0.0952. The van der Waals surface area contributed by atoms with Crippen LogP contribution in [0.2, 0.25) is 0 Å². The van der Waals surface area contributed by atoms with Crippen LogP contribution in [0.25, 0.3) is 0 Å². The maximum Gasteiger partial charge on any atom is 0.255 e. The molecule has 0 aliphatic rings. The number of aryl methyl sites for hydroxylation is 2. The first-order chi connectivity index (χ1) is 9.61. The normalized spacial score (nSPS) is 10.3. The zero-order valence-corrected chi connectivity index (χ0v) is 12.8. The molecule has 5 heteroatoms. The molecule has 2 heterocycles. The van der Waals surface area contributed by atoms with Gasteiger partial charge in [-0.05, 0) is 44.5 Å². The van der Waals surface area contributed by atoms with Crippen molar-refractivity contribution in [3.05, 3.63) is 45.3 Å². The van der Waals surface area contributed by atoms with E-state index >= 15 is 0 Å². The minimum atomic E-state index is -0.0993. The van der Waals surface area contributed by atoms with Crippen LogP contribution in [0.15, 0.2) is 24.4 Å². The zero-order valence-electron chi connectivity index (χ0n) is 12.0. The Labute approximate surface area is 123 Å². The van der Waals surface area contributed by atoms with E-state index in [1.54, 1.807) is 29.7 Å². The van der Waals surface area contributed by atoms with Gasteiger partial charge in [-0.15, -0.1) is 11.3 Å². The predicted octanol–water partition coefficient (Wildman–Crippen LogP) is 3.12. The van der Waals surface area contributed by atoms with Gasteiger partial charge in [0.25, 0.3) is 5.91 Å². The van der Waals surface area contributed by atoms with Gasteiger partial charge in [-0.25, -0.2) is 4.98 Å². The van der Waals surface area contributed by atoms with Gasteiger partial charge in [0.15, 0.2) is 0 Å². The summed E-state index contributed by atoms with van der Waals surface area (Å²) in [6.45, 7) is 7.45. The van der Waals surface area contributed by atoms with E-state index < -0.39 is 0 Å². The molecule has 0 fully saturated rings. The quantitative estimate of drug-likeness (QED) is 0.889. The van der Waals surface area contributed by atoms with E-state index in [4.69, 9.17) is 0 Å². The molecule has 0 aliphatic heterocycles. The number of nitrogens with zero attached hydrogens (tertiary/aromatic N) is 1. The Morgan fingerprint density at radius 1 is 1.40 bits per heavy atom. The maximum absolute atomic E-state index is 12.2. The lowest BCUT2D eigenvalue weighted by Gasteiger charge is -2.09. The van der Waals surface area contributed by atoms with Gasteiger partial charge in [0.2, 0.25) is 0 Å². The first kappa shape index (κ1) is 14.5. The van der Waals surface area contributed by atoms with Crippen LogP contribution in [-0.4, -0.2) is 17.4 Å². The summed E-state index contributed by atoms with van der Waals surface area (Å²) in [5, 5.41) is 6.05. The Morgan fingerprint density at radius 2 is 2.20 bits per heavy atom. The third-order valence-electron chi connectivity index (χ3n) is 3.04. The van der Waals surface area contributed by atoms with Gasteiger partial charge in [-0.3, -0.25) is 4.79 Å². The van der Waals surface area contributed by atoms with Crippen molar-refractivity contribution < 1.29 is 4.79 Å². The molecule has 2 N–H and O–H groups in total. The van der Waals surface area contributed by atoms with Crippen LogP contribution in [0.5, 0.6) is 0 Å². The summed E-state index contributed by atoms with van der Waals surface area (Å²) in [5.41, 5.74) is 1.85. The molecule has 0 radical (unpaired) electrons. The monoisotopic (exact) mass is 289 g/mol. The molecule has 106 valence electrons. The highest BCUT2D eigenvalue weighted by Crippen LogP contribution is 2.20. The highest BCUT2D eigenvalue weighted by Gasteiger charge is 2.12. The number of amides is 1. The van der Waals surface area contributed by atoms with Gasteiger partial charge in [0, 0.05) is 22.5 Å². The second-order valence-corrected chi connectivity index (χ2v) is 5.91. The molecule has 0 spiro atoms. The third-order valence-corrected chi connectivity index (χ3v) is 4.19. The van der Waals surface area contributed by atoms with Crippen LogP contribution < -0.4 is 10.6 Å². The SMILES string of the molecule is CCNc1ncccc1C(=O)NCc1cc(C)c(C)s1. The molecule has 0 aliphatic carbocycles. The maximum atomic E-state index is 12.2. The number of carbonyl (C=O) groups is 1. The molecular weight excluding hydrogens is 270 g/mol. The number of hydrogen-bond donors (Lipinski definition) is 2. The number of rotatable bonds is 5. The minimum Gasteiger partial charge on any atom is -0.370 e. The van der Waals surface area contributed by atoms with Crippen LogP contribution in [0.1, 0.15) is 32.6 Å². The Bertz CT molecular complexity index is 587. The molecule has 2 rings (SSSR count). The second kappa shape index (κ2) is 6.52. The molecule has 0 saturated heterocycles. The first-order valence-corrected chi connectivity index (χ1v) is 7.46. The van der Waals surface area contributed by atoms with Crippen molar-refractivity contribution >= 4 is 23.1 Å². The summed E-state index contributed by atoms with van der Waals surface area (Å²) >= 11 is 1.72. The van der Waals surface area contributed by atoms with E-state index in [0.717, 1.165) is 6.54 Å². The fraction of sp³-hybridized carbons (Fsp3) is 0.333. The Morgan fingerprint density at radius 3 is 2.85 bits per heavy atom. The van der Waals surface area contributed by atoms with Crippen molar-refractivity contribution in [2.45, 2.75) is 27.3 Å². The van der Waals surface area contributed by atoms with Gasteiger partial charge < -0.3 is 10.6 Å². The number of anilines is 1. The van der Waals surface area contributed by atoms with Crippen LogP contribution in [-0.2, 0) is 6.54 Å². The lowest BCUT2D eigenvalue weighted by atomic mass is 10.2. The highest BCUT2D eigenvalue weighted by atomic mass is 32.1. The number of hydrogen-bond acceptors (Lipinski definition) is 4. The fourth-order valence-corrected chi connectivity index (χ4v) is 2.89. The zero-order chi connectivity index (χ0) is 14.5. The van der Waals surface area contributed by atoms with Crippen LogP contribution in [0.4, 0.5) is 5.82 Å². The summed E-state index contributed by atoms with van der Waals surface area (Å²) in [7, 11) is 0. The standard InChI is InChI=1S/C15H19N3OS/c1-4-16-14-13(6-5-7-17-14)15(19)18-9-12-8-10(2)11(3)20-12/h5-8H,4,9H2,1-3H3,(H,16,17)(H,18,19). The number of aromatic nitrogens is 1. The van der Waals surface area contributed by atoms with Crippen molar-refractivity contribution in [1.29, 1.82) is 0 Å². The smallest absolute Gasteiger partial charge is 0.255 e. The Kier molecular flexibility index (Phi) is 4.74. The summed E-state index contributed by atoms with van der Waals surface area (Å²) in [5.74, 6) is 0.531. The lowest BCUT2D eigenvalue weighted by Crippen LogP contribution is -2.24. The average Bonchev–Trinajstić information content (AvgIpc) is 2.76. The van der Waals surface area contributed by atoms with E-state index in [1.807, 2.05) is 6.92 Å². The predicted molar refractivity (Wildman–Crippen MR) is 83.4 cm³/mol.